The highest BCUT2D eigenvalue weighted by atomic mass is 79.9. The van der Waals surface area contributed by atoms with E-state index in [1.165, 1.54) is 24.4 Å². The van der Waals surface area contributed by atoms with Gasteiger partial charge in [-0.2, -0.15) is 0 Å². The Bertz CT molecular complexity index is 748. The Labute approximate surface area is 129 Å². The van der Waals surface area contributed by atoms with E-state index in [0.717, 1.165) is 6.07 Å². The maximum absolute atomic E-state index is 13.3. The zero-order valence-electron chi connectivity index (χ0n) is 10.2. The number of hydrogen-bond donors (Lipinski definition) is 1. The molecule has 2 aromatic rings. The predicted octanol–water partition coefficient (Wildman–Crippen LogP) is 3.75. The first-order valence-electron chi connectivity index (χ1n) is 5.39. The van der Waals surface area contributed by atoms with Gasteiger partial charge in [-0.25, -0.2) is 17.8 Å². The SMILES string of the molecule is Cc1cc(F)cc(NS(=O)(=O)c2cc(Br)cnc2Cl)c1. The lowest BCUT2D eigenvalue weighted by atomic mass is 10.2. The average Bonchev–Trinajstić information content (AvgIpc) is 2.30. The molecule has 1 N–H and O–H groups in total. The van der Waals surface area contributed by atoms with Crippen LogP contribution < -0.4 is 4.72 Å². The lowest BCUT2D eigenvalue weighted by molar-refractivity contribution is 0.600. The van der Waals surface area contributed by atoms with E-state index in [-0.39, 0.29) is 15.7 Å². The summed E-state index contributed by atoms with van der Waals surface area (Å²) in [4.78, 5) is 3.56. The van der Waals surface area contributed by atoms with E-state index in [0.29, 0.717) is 10.0 Å². The minimum absolute atomic E-state index is 0.124. The summed E-state index contributed by atoms with van der Waals surface area (Å²) in [5.74, 6) is -0.527. The minimum atomic E-state index is -3.94. The van der Waals surface area contributed by atoms with E-state index >= 15 is 0 Å². The zero-order valence-corrected chi connectivity index (χ0v) is 13.4. The predicted molar refractivity (Wildman–Crippen MR) is 78.9 cm³/mol. The van der Waals surface area contributed by atoms with Gasteiger partial charge in [0.2, 0.25) is 0 Å². The van der Waals surface area contributed by atoms with Crippen molar-refractivity contribution in [1.82, 2.24) is 4.98 Å². The van der Waals surface area contributed by atoms with Gasteiger partial charge in [-0.15, -0.1) is 0 Å². The van der Waals surface area contributed by atoms with Crippen molar-refractivity contribution in [2.75, 3.05) is 4.72 Å². The monoisotopic (exact) mass is 378 g/mol. The van der Waals surface area contributed by atoms with Crippen molar-refractivity contribution in [1.29, 1.82) is 0 Å². The molecule has 0 aliphatic heterocycles. The molecule has 0 atom stereocenters. The van der Waals surface area contributed by atoms with E-state index < -0.39 is 15.8 Å². The molecule has 106 valence electrons. The van der Waals surface area contributed by atoms with Crippen LogP contribution in [-0.2, 0) is 10.0 Å². The fourth-order valence-electron chi connectivity index (χ4n) is 1.60. The van der Waals surface area contributed by atoms with Gasteiger partial charge in [0.25, 0.3) is 10.0 Å². The molecule has 0 fully saturated rings. The molecule has 0 unspecified atom stereocenters. The van der Waals surface area contributed by atoms with Crippen molar-refractivity contribution in [2.24, 2.45) is 0 Å². The maximum atomic E-state index is 13.3. The van der Waals surface area contributed by atoms with Gasteiger partial charge in [-0.1, -0.05) is 11.6 Å². The van der Waals surface area contributed by atoms with Crippen LogP contribution in [0.2, 0.25) is 5.15 Å². The first kappa shape index (κ1) is 15.2. The summed E-state index contributed by atoms with van der Waals surface area (Å²) in [7, 11) is -3.94. The van der Waals surface area contributed by atoms with Crippen LogP contribution in [0.1, 0.15) is 5.56 Å². The van der Waals surface area contributed by atoms with Crippen LogP contribution in [-0.4, -0.2) is 13.4 Å². The van der Waals surface area contributed by atoms with E-state index in [9.17, 15) is 12.8 Å². The number of hydrogen-bond acceptors (Lipinski definition) is 3. The van der Waals surface area contributed by atoms with Crippen LogP contribution >= 0.6 is 27.5 Å². The average molecular weight is 380 g/mol. The Kier molecular flexibility index (Phi) is 4.31. The van der Waals surface area contributed by atoms with Crippen molar-refractivity contribution < 1.29 is 12.8 Å². The fourth-order valence-corrected chi connectivity index (χ4v) is 3.58. The number of nitrogens with one attached hydrogen (secondary N) is 1. The molecule has 0 aliphatic rings. The summed E-state index contributed by atoms with van der Waals surface area (Å²) in [5.41, 5.74) is 0.722. The molecule has 0 radical (unpaired) electrons. The number of aromatic nitrogens is 1. The second-order valence-corrected chi connectivity index (χ2v) is 6.99. The molecule has 1 heterocycles. The topological polar surface area (TPSA) is 59.1 Å². The van der Waals surface area contributed by atoms with Crippen molar-refractivity contribution in [3.05, 3.63) is 51.5 Å². The molecule has 0 saturated heterocycles. The standard InChI is InChI=1S/C12H9BrClFN2O2S/c1-7-2-9(15)5-10(3-7)17-20(18,19)11-4-8(13)6-16-12(11)14/h2-6,17H,1H3. The first-order valence-corrected chi connectivity index (χ1v) is 8.04. The number of nitrogens with zero attached hydrogens (tertiary/aromatic N) is 1. The Morgan fingerprint density at radius 2 is 2.00 bits per heavy atom. The molecule has 4 nitrogen and oxygen atoms in total. The number of aryl methyl sites for hydroxylation is 1. The number of pyridine rings is 1. The summed E-state index contributed by atoms with van der Waals surface area (Å²) in [6.45, 7) is 1.66. The van der Waals surface area contributed by atoms with Gasteiger partial charge >= 0.3 is 0 Å². The van der Waals surface area contributed by atoms with Crippen molar-refractivity contribution in [2.45, 2.75) is 11.8 Å². The van der Waals surface area contributed by atoms with E-state index in [1.54, 1.807) is 6.92 Å². The Morgan fingerprint density at radius 1 is 1.30 bits per heavy atom. The first-order chi connectivity index (χ1) is 9.28. The molecular formula is C12H9BrClFN2O2S. The maximum Gasteiger partial charge on any atom is 0.265 e. The Hall–Kier alpha value is -1.18. The summed E-state index contributed by atoms with van der Waals surface area (Å²) >= 11 is 8.91. The molecule has 20 heavy (non-hydrogen) atoms. The molecule has 1 aromatic carbocycles. The van der Waals surface area contributed by atoms with Gasteiger partial charge in [0.15, 0.2) is 0 Å². The molecule has 8 heteroatoms. The number of rotatable bonds is 3. The van der Waals surface area contributed by atoms with Crippen LogP contribution in [0.4, 0.5) is 10.1 Å². The highest BCUT2D eigenvalue weighted by Crippen LogP contribution is 2.25. The smallest absolute Gasteiger partial charge is 0.265 e. The van der Waals surface area contributed by atoms with Gasteiger partial charge in [-0.05, 0) is 52.7 Å². The van der Waals surface area contributed by atoms with Gasteiger partial charge in [0.05, 0.1) is 5.69 Å². The van der Waals surface area contributed by atoms with Crippen LogP contribution in [0.15, 0.2) is 39.8 Å². The lowest BCUT2D eigenvalue weighted by Crippen LogP contribution is -2.14. The largest absolute Gasteiger partial charge is 0.279 e. The second-order valence-electron chi connectivity index (χ2n) is 4.07. The summed E-state index contributed by atoms with van der Waals surface area (Å²) < 4.78 is 40.4. The highest BCUT2D eigenvalue weighted by molar-refractivity contribution is 9.10. The van der Waals surface area contributed by atoms with E-state index in [4.69, 9.17) is 11.6 Å². The number of benzene rings is 1. The number of halogens is 3. The van der Waals surface area contributed by atoms with Crippen LogP contribution in [0.5, 0.6) is 0 Å². The number of anilines is 1. The fraction of sp³-hybridized carbons (Fsp3) is 0.0833. The lowest BCUT2D eigenvalue weighted by Gasteiger charge is -2.10. The molecule has 1 aromatic heterocycles. The van der Waals surface area contributed by atoms with Gasteiger partial charge in [-0.3, -0.25) is 4.72 Å². The third kappa shape index (κ3) is 3.47. The molecule has 0 aliphatic carbocycles. The summed E-state index contributed by atoms with van der Waals surface area (Å²) in [6, 6.07) is 5.22. The van der Waals surface area contributed by atoms with E-state index in [2.05, 4.69) is 25.6 Å². The summed E-state index contributed by atoms with van der Waals surface area (Å²) in [6.07, 6.45) is 1.38. The number of sulfonamides is 1. The normalized spacial score (nSPS) is 11.4. The Morgan fingerprint density at radius 3 is 2.65 bits per heavy atom. The quantitative estimate of drug-likeness (QED) is 0.826. The van der Waals surface area contributed by atoms with Crippen molar-refractivity contribution in [3.63, 3.8) is 0 Å². The molecule has 0 amide bonds. The van der Waals surface area contributed by atoms with Crippen molar-refractivity contribution in [3.8, 4) is 0 Å². The molecular weight excluding hydrogens is 371 g/mol. The third-order valence-electron chi connectivity index (χ3n) is 2.36. The van der Waals surface area contributed by atoms with Crippen LogP contribution in [0.3, 0.4) is 0 Å². The van der Waals surface area contributed by atoms with Gasteiger partial charge in [0, 0.05) is 10.7 Å². The van der Waals surface area contributed by atoms with Crippen LogP contribution in [0.25, 0.3) is 0 Å². The third-order valence-corrected chi connectivity index (χ3v) is 4.60. The summed E-state index contributed by atoms with van der Waals surface area (Å²) in [5, 5.41) is -0.158. The highest BCUT2D eigenvalue weighted by Gasteiger charge is 2.20. The zero-order chi connectivity index (χ0) is 14.9. The minimum Gasteiger partial charge on any atom is -0.279 e. The van der Waals surface area contributed by atoms with Gasteiger partial charge in [0.1, 0.15) is 15.9 Å². The molecule has 0 spiro atoms. The van der Waals surface area contributed by atoms with E-state index in [1.807, 2.05) is 0 Å². The molecule has 0 bridgehead atoms. The second kappa shape index (κ2) is 5.67. The Balaban J connectivity index is 2.43. The molecule has 2 rings (SSSR count). The molecule has 0 saturated carbocycles. The van der Waals surface area contributed by atoms with Gasteiger partial charge < -0.3 is 0 Å². The van der Waals surface area contributed by atoms with Crippen molar-refractivity contribution >= 4 is 43.2 Å². The van der Waals surface area contributed by atoms with Crippen LogP contribution in [0, 0.1) is 12.7 Å².